The van der Waals surface area contributed by atoms with E-state index in [1.165, 1.54) is 6.08 Å². The SMILES string of the molecule is CCCNC(=O)/C=C/c1ccc(C(=O)NC2CC2)cc1. The van der Waals surface area contributed by atoms with Crippen molar-refractivity contribution in [3.8, 4) is 0 Å². The molecule has 1 aliphatic carbocycles. The van der Waals surface area contributed by atoms with E-state index in [1.807, 2.05) is 19.1 Å². The molecule has 0 atom stereocenters. The summed E-state index contributed by atoms with van der Waals surface area (Å²) in [5.74, 6) is -0.119. The Morgan fingerprint density at radius 1 is 1.25 bits per heavy atom. The number of nitrogens with one attached hydrogen (secondary N) is 2. The molecule has 0 radical (unpaired) electrons. The maximum atomic E-state index is 11.8. The Morgan fingerprint density at radius 3 is 2.55 bits per heavy atom. The Bertz CT molecular complexity index is 502. The largest absolute Gasteiger partial charge is 0.353 e. The van der Waals surface area contributed by atoms with Gasteiger partial charge in [0.1, 0.15) is 0 Å². The highest BCUT2D eigenvalue weighted by Gasteiger charge is 2.23. The van der Waals surface area contributed by atoms with Crippen LogP contribution < -0.4 is 10.6 Å². The first-order valence-electron chi connectivity index (χ1n) is 7.06. The molecule has 20 heavy (non-hydrogen) atoms. The highest BCUT2D eigenvalue weighted by molar-refractivity contribution is 5.95. The van der Waals surface area contributed by atoms with Crippen molar-refractivity contribution in [1.82, 2.24) is 10.6 Å². The molecule has 106 valence electrons. The van der Waals surface area contributed by atoms with Crippen LogP contribution in [0.15, 0.2) is 30.3 Å². The van der Waals surface area contributed by atoms with Gasteiger partial charge in [0.25, 0.3) is 5.91 Å². The summed E-state index contributed by atoms with van der Waals surface area (Å²) in [6, 6.07) is 7.60. The summed E-state index contributed by atoms with van der Waals surface area (Å²) in [4.78, 5) is 23.2. The number of hydrogen-bond donors (Lipinski definition) is 2. The lowest BCUT2D eigenvalue weighted by molar-refractivity contribution is -0.116. The van der Waals surface area contributed by atoms with Crippen molar-refractivity contribution in [3.63, 3.8) is 0 Å². The molecule has 0 aliphatic heterocycles. The fourth-order valence-corrected chi connectivity index (χ4v) is 1.72. The van der Waals surface area contributed by atoms with Gasteiger partial charge in [-0.05, 0) is 43.0 Å². The van der Waals surface area contributed by atoms with Crippen molar-refractivity contribution < 1.29 is 9.59 Å². The zero-order chi connectivity index (χ0) is 14.4. The second-order valence-electron chi connectivity index (χ2n) is 4.99. The first-order valence-corrected chi connectivity index (χ1v) is 7.06. The summed E-state index contributed by atoms with van der Waals surface area (Å²) < 4.78 is 0. The third kappa shape index (κ3) is 4.53. The summed E-state index contributed by atoms with van der Waals surface area (Å²) in [5.41, 5.74) is 1.56. The summed E-state index contributed by atoms with van der Waals surface area (Å²) in [7, 11) is 0. The fraction of sp³-hybridized carbons (Fsp3) is 0.375. The van der Waals surface area contributed by atoms with E-state index >= 15 is 0 Å². The average molecular weight is 272 g/mol. The molecule has 0 unspecified atom stereocenters. The monoisotopic (exact) mass is 272 g/mol. The summed E-state index contributed by atoms with van der Waals surface area (Å²) in [5, 5.41) is 5.71. The van der Waals surface area contributed by atoms with E-state index in [4.69, 9.17) is 0 Å². The molecule has 0 heterocycles. The van der Waals surface area contributed by atoms with E-state index in [0.717, 1.165) is 24.8 Å². The van der Waals surface area contributed by atoms with Crippen LogP contribution in [0.4, 0.5) is 0 Å². The minimum atomic E-state index is -0.0950. The van der Waals surface area contributed by atoms with Gasteiger partial charge in [-0.25, -0.2) is 0 Å². The van der Waals surface area contributed by atoms with Crippen LogP contribution in [0.25, 0.3) is 6.08 Å². The van der Waals surface area contributed by atoms with E-state index in [-0.39, 0.29) is 11.8 Å². The van der Waals surface area contributed by atoms with E-state index in [1.54, 1.807) is 18.2 Å². The van der Waals surface area contributed by atoms with Crippen LogP contribution in [0.3, 0.4) is 0 Å². The van der Waals surface area contributed by atoms with Crippen LogP contribution in [0.5, 0.6) is 0 Å². The molecule has 0 saturated heterocycles. The molecule has 1 saturated carbocycles. The first kappa shape index (κ1) is 14.3. The van der Waals surface area contributed by atoms with Crippen molar-refractivity contribution in [1.29, 1.82) is 0 Å². The van der Waals surface area contributed by atoms with Crippen molar-refractivity contribution in [2.24, 2.45) is 0 Å². The van der Waals surface area contributed by atoms with Crippen molar-refractivity contribution in [2.75, 3.05) is 6.54 Å². The molecular formula is C16H20N2O2. The summed E-state index contributed by atoms with van der Waals surface area (Å²) >= 11 is 0. The molecule has 0 spiro atoms. The molecule has 0 aromatic heterocycles. The number of benzene rings is 1. The summed E-state index contributed by atoms with van der Waals surface area (Å²) in [6.07, 6.45) is 6.34. The quantitative estimate of drug-likeness (QED) is 0.779. The van der Waals surface area contributed by atoms with E-state index < -0.39 is 0 Å². The van der Waals surface area contributed by atoms with Crippen LogP contribution >= 0.6 is 0 Å². The number of rotatable bonds is 6. The van der Waals surface area contributed by atoms with Gasteiger partial charge in [0, 0.05) is 24.2 Å². The third-order valence-corrected chi connectivity index (χ3v) is 3.06. The molecule has 2 N–H and O–H groups in total. The molecule has 1 aliphatic rings. The maximum Gasteiger partial charge on any atom is 0.251 e. The van der Waals surface area contributed by atoms with Crippen LogP contribution in [0.1, 0.15) is 42.1 Å². The lowest BCUT2D eigenvalue weighted by Gasteiger charge is -2.03. The lowest BCUT2D eigenvalue weighted by atomic mass is 10.1. The van der Waals surface area contributed by atoms with Gasteiger partial charge in [0.05, 0.1) is 0 Å². The molecule has 1 fully saturated rings. The van der Waals surface area contributed by atoms with Gasteiger partial charge < -0.3 is 10.6 Å². The van der Waals surface area contributed by atoms with Crippen molar-refractivity contribution in [2.45, 2.75) is 32.2 Å². The summed E-state index contributed by atoms with van der Waals surface area (Å²) in [6.45, 7) is 2.69. The standard InChI is InChI=1S/C16H20N2O2/c1-2-11-17-15(19)10-5-12-3-6-13(7-4-12)16(20)18-14-8-9-14/h3-7,10,14H,2,8-9,11H2,1H3,(H,17,19)(H,18,20)/b10-5+. The van der Waals surface area contributed by atoms with Crippen LogP contribution in [0, 0.1) is 0 Å². The first-order chi connectivity index (χ1) is 9.69. The Hall–Kier alpha value is -2.10. The molecule has 1 aromatic rings. The molecule has 2 rings (SSSR count). The van der Waals surface area contributed by atoms with E-state index in [2.05, 4.69) is 10.6 Å². The highest BCUT2D eigenvalue weighted by Crippen LogP contribution is 2.19. The molecular weight excluding hydrogens is 252 g/mol. The highest BCUT2D eigenvalue weighted by atomic mass is 16.2. The van der Waals surface area contributed by atoms with Crippen molar-refractivity contribution in [3.05, 3.63) is 41.5 Å². The Balaban J connectivity index is 1.88. The van der Waals surface area contributed by atoms with Gasteiger partial charge in [-0.3, -0.25) is 9.59 Å². The second kappa shape index (κ2) is 6.89. The van der Waals surface area contributed by atoms with Crippen LogP contribution in [-0.4, -0.2) is 24.4 Å². The van der Waals surface area contributed by atoms with Crippen LogP contribution in [0.2, 0.25) is 0 Å². The number of amides is 2. The topological polar surface area (TPSA) is 58.2 Å². The number of hydrogen-bond acceptors (Lipinski definition) is 2. The van der Waals surface area contributed by atoms with Gasteiger partial charge in [-0.15, -0.1) is 0 Å². The number of carbonyl (C=O) groups is 2. The van der Waals surface area contributed by atoms with Gasteiger partial charge in [-0.1, -0.05) is 19.1 Å². The minimum Gasteiger partial charge on any atom is -0.353 e. The molecule has 2 amide bonds. The Kier molecular flexibility index (Phi) is 4.93. The Labute approximate surface area is 119 Å². The molecule has 4 nitrogen and oxygen atoms in total. The molecule has 4 heteroatoms. The number of carbonyl (C=O) groups excluding carboxylic acids is 2. The fourth-order valence-electron chi connectivity index (χ4n) is 1.72. The smallest absolute Gasteiger partial charge is 0.251 e. The van der Waals surface area contributed by atoms with E-state index in [0.29, 0.717) is 18.2 Å². The van der Waals surface area contributed by atoms with Gasteiger partial charge >= 0.3 is 0 Å². The third-order valence-electron chi connectivity index (χ3n) is 3.06. The Morgan fingerprint density at radius 2 is 1.95 bits per heavy atom. The van der Waals surface area contributed by atoms with Crippen LogP contribution in [-0.2, 0) is 4.79 Å². The predicted molar refractivity (Wildman–Crippen MR) is 79.3 cm³/mol. The van der Waals surface area contributed by atoms with Gasteiger partial charge in [0.15, 0.2) is 0 Å². The zero-order valence-corrected chi connectivity index (χ0v) is 11.7. The second-order valence-corrected chi connectivity index (χ2v) is 4.99. The zero-order valence-electron chi connectivity index (χ0n) is 11.7. The molecule has 1 aromatic carbocycles. The van der Waals surface area contributed by atoms with Crippen molar-refractivity contribution >= 4 is 17.9 Å². The van der Waals surface area contributed by atoms with Gasteiger partial charge in [-0.2, -0.15) is 0 Å². The van der Waals surface area contributed by atoms with Gasteiger partial charge in [0.2, 0.25) is 5.91 Å². The van der Waals surface area contributed by atoms with E-state index in [9.17, 15) is 9.59 Å². The predicted octanol–water partition coefficient (Wildman–Crippen LogP) is 2.12. The normalized spacial score (nSPS) is 14.2. The molecule has 0 bridgehead atoms. The minimum absolute atomic E-state index is 0.0243. The average Bonchev–Trinajstić information content (AvgIpc) is 3.27. The lowest BCUT2D eigenvalue weighted by Crippen LogP contribution is -2.25. The maximum absolute atomic E-state index is 11.8.